The number of anilines is 1. The SMILES string of the molecule is COC(=O)N(O)c1cccc(F)c1COc1ccc(C)cc1C(F)(F)F. The first kappa shape index (κ1) is 19.5. The second-order valence-electron chi connectivity index (χ2n) is 5.31. The fourth-order valence-electron chi connectivity index (χ4n) is 2.21. The van der Waals surface area contributed by atoms with Crippen molar-refractivity contribution < 1.29 is 37.0 Å². The number of hydroxylamine groups is 1. The molecule has 0 aliphatic carbocycles. The van der Waals surface area contributed by atoms with E-state index in [-0.39, 0.29) is 16.3 Å². The van der Waals surface area contributed by atoms with Gasteiger partial charge in [0.15, 0.2) is 0 Å². The van der Waals surface area contributed by atoms with Gasteiger partial charge in [-0.05, 0) is 31.2 Å². The maximum atomic E-state index is 14.1. The van der Waals surface area contributed by atoms with Gasteiger partial charge in [0.1, 0.15) is 18.2 Å². The molecule has 0 unspecified atom stereocenters. The van der Waals surface area contributed by atoms with Crippen molar-refractivity contribution in [3.8, 4) is 5.75 Å². The quantitative estimate of drug-likeness (QED) is 0.480. The highest BCUT2D eigenvalue weighted by atomic mass is 19.4. The average Bonchev–Trinajstić information content (AvgIpc) is 2.59. The molecule has 5 nitrogen and oxygen atoms in total. The minimum absolute atomic E-state index is 0.0432. The van der Waals surface area contributed by atoms with Crippen molar-refractivity contribution in [3.63, 3.8) is 0 Å². The van der Waals surface area contributed by atoms with Crippen LogP contribution in [0.3, 0.4) is 0 Å². The van der Waals surface area contributed by atoms with E-state index in [2.05, 4.69) is 4.74 Å². The lowest BCUT2D eigenvalue weighted by atomic mass is 10.1. The van der Waals surface area contributed by atoms with Crippen LogP contribution in [0.15, 0.2) is 36.4 Å². The molecule has 140 valence electrons. The van der Waals surface area contributed by atoms with Gasteiger partial charge in [-0.15, -0.1) is 0 Å². The molecule has 1 N–H and O–H groups in total. The summed E-state index contributed by atoms with van der Waals surface area (Å²) in [6, 6.07) is 6.87. The number of ether oxygens (including phenoxy) is 2. The highest BCUT2D eigenvalue weighted by Gasteiger charge is 2.34. The van der Waals surface area contributed by atoms with Crippen LogP contribution >= 0.6 is 0 Å². The molecule has 0 saturated heterocycles. The summed E-state index contributed by atoms with van der Waals surface area (Å²) in [7, 11) is 1.00. The van der Waals surface area contributed by atoms with Gasteiger partial charge in [0.2, 0.25) is 0 Å². The monoisotopic (exact) mass is 373 g/mol. The molecular formula is C17H15F4NO4. The molecule has 0 heterocycles. The largest absolute Gasteiger partial charge is 0.488 e. The normalized spacial score (nSPS) is 11.2. The Morgan fingerprint density at radius 3 is 2.54 bits per heavy atom. The smallest absolute Gasteiger partial charge is 0.438 e. The zero-order valence-electron chi connectivity index (χ0n) is 13.8. The van der Waals surface area contributed by atoms with Crippen molar-refractivity contribution in [1.82, 2.24) is 0 Å². The van der Waals surface area contributed by atoms with E-state index in [9.17, 15) is 27.6 Å². The fraction of sp³-hybridized carbons (Fsp3) is 0.235. The van der Waals surface area contributed by atoms with Crippen molar-refractivity contribution in [2.75, 3.05) is 12.2 Å². The Hall–Kier alpha value is -2.81. The number of benzene rings is 2. The maximum Gasteiger partial charge on any atom is 0.438 e. The summed E-state index contributed by atoms with van der Waals surface area (Å²) >= 11 is 0. The standard InChI is InChI=1S/C17H15F4NO4/c1-10-6-7-15(12(8-10)17(19,20)21)26-9-11-13(18)4-3-5-14(11)22(24)16(23)25-2/h3-8,24H,9H2,1-2H3. The van der Waals surface area contributed by atoms with Crippen LogP contribution in [-0.2, 0) is 17.5 Å². The zero-order chi connectivity index (χ0) is 19.5. The number of methoxy groups -OCH3 is 1. The number of alkyl halides is 3. The Morgan fingerprint density at radius 2 is 1.92 bits per heavy atom. The summed E-state index contributed by atoms with van der Waals surface area (Å²) in [5.74, 6) is -1.37. The molecule has 2 aromatic rings. The van der Waals surface area contributed by atoms with Gasteiger partial charge in [-0.2, -0.15) is 18.2 Å². The van der Waals surface area contributed by atoms with Gasteiger partial charge in [0, 0.05) is 0 Å². The summed E-state index contributed by atoms with van der Waals surface area (Å²) in [6.45, 7) is 0.843. The summed E-state index contributed by atoms with van der Waals surface area (Å²) in [4.78, 5) is 11.4. The highest BCUT2D eigenvalue weighted by Crippen LogP contribution is 2.37. The van der Waals surface area contributed by atoms with Gasteiger partial charge in [-0.25, -0.2) is 9.18 Å². The molecule has 2 aromatic carbocycles. The molecule has 26 heavy (non-hydrogen) atoms. The second kappa shape index (κ2) is 7.61. The predicted molar refractivity (Wildman–Crippen MR) is 83.6 cm³/mol. The van der Waals surface area contributed by atoms with Crippen molar-refractivity contribution in [2.24, 2.45) is 0 Å². The molecule has 0 aromatic heterocycles. The summed E-state index contributed by atoms with van der Waals surface area (Å²) in [6.07, 6.45) is -5.85. The molecule has 0 bridgehead atoms. The Morgan fingerprint density at radius 1 is 1.23 bits per heavy atom. The molecule has 0 atom stereocenters. The van der Waals surface area contributed by atoms with Crippen LogP contribution in [-0.4, -0.2) is 18.4 Å². The zero-order valence-corrected chi connectivity index (χ0v) is 13.8. The number of amides is 1. The van der Waals surface area contributed by atoms with Gasteiger partial charge in [0.05, 0.1) is 23.9 Å². The third-order valence-corrected chi connectivity index (χ3v) is 3.48. The number of hydrogen-bond acceptors (Lipinski definition) is 4. The molecule has 1 amide bonds. The Bertz CT molecular complexity index is 808. The number of rotatable bonds is 4. The lowest BCUT2D eigenvalue weighted by molar-refractivity contribution is -0.139. The highest BCUT2D eigenvalue weighted by molar-refractivity contribution is 5.85. The first-order valence-corrected chi connectivity index (χ1v) is 7.30. The van der Waals surface area contributed by atoms with E-state index in [4.69, 9.17) is 4.74 Å². The molecular weight excluding hydrogens is 358 g/mol. The molecule has 9 heteroatoms. The van der Waals surface area contributed by atoms with Crippen LogP contribution in [0, 0.1) is 12.7 Å². The number of hydrogen-bond donors (Lipinski definition) is 1. The van der Waals surface area contributed by atoms with Crippen LogP contribution in [0.2, 0.25) is 0 Å². The van der Waals surface area contributed by atoms with Gasteiger partial charge >= 0.3 is 12.3 Å². The third kappa shape index (κ3) is 4.23. The molecule has 0 spiro atoms. The number of carbonyl (C=O) groups is 1. The number of nitrogens with zero attached hydrogens (tertiary/aromatic N) is 1. The fourth-order valence-corrected chi connectivity index (χ4v) is 2.21. The molecule has 0 fully saturated rings. The van der Waals surface area contributed by atoms with Gasteiger partial charge in [-0.3, -0.25) is 5.21 Å². The third-order valence-electron chi connectivity index (χ3n) is 3.48. The van der Waals surface area contributed by atoms with E-state index in [1.807, 2.05) is 0 Å². The molecule has 0 saturated carbocycles. The van der Waals surface area contributed by atoms with Crippen LogP contribution in [0.5, 0.6) is 5.75 Å². The first-order valence-electron chi connectivity index (χ1n) is 7.30. The Kier molecular flexibility index (Phi) is 5.71. The number of carbonyl (C=O) groups excluding carboxylic acids is 1. The maximum absolute atomic E-state index is 14.1. The Labute approximate surface area is 146 Å². The van der Waals surface area contributed by atoms with Gasteiger partial charge in [-0.1, -0.05) is 17.7 Å². The van der Waals surface area contributed by atoms with Gasteiger partial charge < -0.3 is 9.47 Å². The van der Waals surface area contributed by atoms with Crippen LogP contribution in [0.1, 0.15) is 16.7 Å². The van der Waals surface area contributed by atoms with Crippen molar-refractivity contribution >= 4 is 11.8 Å². The first-order chi connectivity index (χ1) is 12.1. The minimum atomic E-state index is -4.66. The molecule has 0 aliphatic heterocycles. The van der Waals surface area contributed by atoms with E-state index in [1.54, 1.807) is 0 Å². The second-order valence-corrected chi connectivity index (χ2v) is 5.31. The summed E-state index contributed by atoms with van der Waals surface area (Å²) in [5.41, 5.74) is -1.25. The van der Waals surface area contributed by atoms with E-state index in [0.29, 0.717) is 5.56 Å². The Balaban J connectivity index is 2.35. The summed E-state index contributed by atoms with van der Waals surface area (Å²) in [5, 5.41) is 9.81. The molecule has 0 aliphatic rings. The van der Waals surface area contributed by atoms with E-state index >= 15 is 0 Å². The van der Waals surface area contributed by atoms with Crippen LogP contribution < -0.4 is 9.80 Å². The average molecular weight is 373 g/mol. The minimum Gasteiger partial charge on any atom is -0.488 e. The van der Waals surface area contributed by atoms with E-state index in [0.717, 1.165) is 25.3 Å². The molecule has 2 rings (SSSR count). The van der Waals surface area contributed by atoms with Gasteiger partial charge in [0.25, 0.3) is 0 Å². The van der Waals surface area contributed by atoms with E-state index < -0.39 is 36.0 Å². The van der Waals surface area contributed by atoms with Crippen molar-refractivity contribution in [1.29, 1.82) is 0 Å². The van der Waals surface area contributed by atoms with E-state index in [1.165, 1.54) is 25.1 Å². The lowest BCUT2D eigenvalue weighted by Crippen LogP contribution is -2.28. The van der Waals surface area contributed by atoms with Crippen LogP contribution in [0.25, 0.3) is 0 Å². The lowest BCUT2D eigenvalue weighted by Gasteiger charge is -2.19. The number of aryl methyl sites for hydroxylation is 1. The summed E-state index contributed by atoms with van der Waals surface area (Å²) < 4.78 is 62.9. The van der Waals surface area contributed by atoms with Crippen LogP contribution in [0.4, 0.5) is 28.0 Å². The van der Waals surface area contributed by atoms with Crippen molar-refractivity contribution in [2.45, 2.75) is 19.7 Å². The number of halogens is 4. The predicted octanol–water partition coefficient (Wildman–Crippen LogP) is 4.69. The van der Waals surface area contributed by atoms with Crippen molar-refractivity contribution in [3.05, 3.63) is 58.9 Å². The molecule has 0 radical (unpaired) electrons. The topological polar surface area (TPSA) is 59.0 Å².